The van der Waals surface area contributed by atoms with Gasteiger partial charge in [0.05, 0.1) is 0 Å². The molecule has 0 spiro atoms. The van der Waals surface area contributed by atoms with Gasteiger partial charge in [0.25, 0.3) is 0 Å². The summed E-state index contributed by atoms with van der Waals surface area (Å²) in [5, 5.41) is 19.3. The molecule has 0 bridgehead atoms. The van der Waals surface area contributed by atoms with Gasteiger partial charge in [0, 0.05) is 0 Å². The van der Waals surface area contributed by atoms with Gasteiger partial charge in [-0.15, -0.1) is 12.8 Å². The van der Waals surface area contributed by atoms with Gasteiger partial charge in [-0.3, -0.25) is 12.2 Å². The molecule has 0 heterocycles. The van der Waals surface area contributed by atoms with E-state index in [0.29, 0.717) is 23.3 Å². The molecule has 6 rings (SSSR count). The monoisotopic (exact) mass is 572 g/mol. The maximum Gasteiger partial charge on any atom is 2.00 e. The number of para-hydroxylation sites is 2. The number of allylic oxidation sites excluding steroid dienone is 8. The Balaban J connectivity index is 0.000000187. The SMILES string of the molecule is Oc1ccccc1C1CCCCC1.Oc1ccccc1C1CCCCC1.[C-]1=CC=CC1.[C-]1=CC=CC1.[Zr+2]. The number of rotatable bonds is 2. The Hall–Kier alpha value is -2.12. The summed E-state index contributed by atoms with van der Waals surface area (Å²) in [4.78, 5) is 0. The van der Waals surface area contributed by atoms with Crippen LogP contribution in [0.1, 0.15) is 100 Å². The molecule has 37 heavy (non-hydrogen) atoms. The van der Waals surface area contributed by atoms with Crippen molar-refractivity contribution in [1.82, 2.24) is 0 Å². The Labute approximate surface area is 244 Å². The maximum absolute atomic E-state index is 9.66. The summed E-state index contributed by atoms with van der Waals surface area (Å²) in [6.07, 6.45) is 33.0. The van der Waals surface area contributed by atoms with Crippen LogP contribution in [0.5, 0.6) is 11.5 Å². The second kappa shape index (κ2) is 19.0. The molecule has 0 saturated heterocycles. The predicted molar refractivity (Wildman–Crippen MR) is 151 cm³/mol. The topological polar surface area (TPSA) is 40.5 Å². The van der Waals surface area contributed by atoms with Crippen LogP contribution in [0.2, 0.25) is 0 Å². The zero-order valence-corrected chi connectivity index (χ0v) is 24.6. The van der Waals surface area contributed by atoms with Crippen molar-refractivity contribution in [3.8, 4) is 11.5 Å². The van der Waals surface area contributed by atoms with Crippen LogP contribution in [-0.2, 0) is 26.2 Å². The van der Waals surface area contributed by atoms with E-state index in [9.17, 15) is 10.2 Å². The van der Waals surface area contributed by atoms with Gasteiger partial charge in [-0.05, 0) is 60.8 Å². The van der Waals surface area contributed by atoms with Crippen LogP contribution in [-0.4, -0.2) is 10.2 Å². The largest absolute Gasteiger partial charge is 2.00 e. The van der Waals surface area contributed by atoms with Gasteiger partial charge in [-0.1, -0.05) is 74.9 Å². The number of phenolic OH excluding ortho intramolecular Hbond substituents is 2. The standard InChI is InChI=1S/2C12H16O.2C5H5.Zr/c2*13-12-9-5-4-8-11(12)10-6-2-1-3-7-10;2*1-2-4-5-3-1;/h2*4-5,8-10,13H,1-3,6-7H2;2*1-3H,4H2;/q;;2*-1;+2. The maximum atomic E-state index is 9.66. The second-order valence-electron chi connectivity index (χ2n) is 9.79. The summed E-state index contributed by atoms with van der Waals surface area (Å²) >= 11 is 0. The summed E-state index contributed by atoms with van der Waals surface area (Å²) < 4.78 is 0. The third kappa shape index (κ3) is 11.9. The molecule has 0 radical (unpaired) electrons. The molecule has 0 aliphatic heterocycles. The number of aromatic hydroxyl groups is 2. The average Bonchev–Trinajstić information content (AvgIpc) is 3.71. The molecule has 2 saturated carbocycles. The van der Waals surface area contributed by atoms with Crippen molar-refractivity contribution in [2.75, 3.05) is 0 Å². The van der Waals surface area contributed by atoms with Crippen molar-refractivity contribution in [2.24, 2.45) is 0 Å². The Bertz CT molecular complexity index is 891. The Morgan fingerprint density at radius 3 is 1.19 bits per heavy atom. The van der Waals surface area contributed by atoms with E-state index in [1.807, 2.05) is 48.6 Å². The molecule has 2 aromatic rings. The van der Waals surface area contributed by atoms with Gasteiger partial charge in [0.1, 0.15) is 11.5 Å². The molecule has 0 unspecified atom stereocenters. The molecule has 0 amide bonds. The van der Waals surface area contributed by atoms with Crippen molar-refractivity contribution in [3.63, 3.8) is 0 Å². The molecule has 3 heteroatoms. The van der Waals surface area contributed by atoms with E-state index in [4.69, 9.17) is 0 Å². The number of phenols is 2. The van der Waals surface area contributed by atoms with Gasteiger partial charge >= 0.3 is 26.2 Å². The fourth-order valence-electron chi connectivity index (χ4n) is 5.17. The number of hydrogen-bond acceptors (Lipinski definition) is 2. The minimum atomic E-state index is 0. The van der Waals surface area contributed by atoms with Crippen molar-refractivity contribution in [1.29, 1.82) is 0 Å². The van der Waals surface area contributed by atoms with E-state index < -0.39 is 0 Å². The van der Waals surface area contributed by atoms with Gasteiger partial charge in [0.2, 0.25) is 0 Å². The van der Waals surface area contributed by atoms with E-state index in [2.05, 4.69) is 36.4 Å². The van der Waals surface area contributed by atoms with Gasteiger partial charge < -0.3 is 10.2 Å². The molecule has 2 nitrogen and oxygen atoms in total. The molecule has 194 valence electrons. The van der Waals surface area contributed by atoms with Crippen LogP contribution < -0.4 is 0 Å². The third-order valence-corrected chi connectivity index (χ3v) is 7.14. The van der Waals surface area contributed by atoms with Crippen LogP contribution in [0.15, 0.2) is 85.0 Å². The van der Waals surface area contributed by atoms with Crippen molar-refractivity contribution in [3.05, 3.63) is 108 Å². The molecule has 0 aromatic heterocycles. The van der Waals surface area contributed by atoms with E-state index in [1.54, 1.807) is 12.1 Å². The van der Waals surface area contributed by atoms with Crippen molar-refractivity contribution >= 4 is 0 Å². The number of benzene rings is 2. The van der Waals surface area contributed by atoms with Crippen LogP contribution in [0.4, 0.5) is 0 Å². The molecule has 2 N–H and O–H groups in total. The van der Waals surface area contributed by atoms with E-state index in [0.717, 1.165) is 24.0 Å². The molecule has 2 fully saturated rings. The van der Waals surface area contributed by atoms with Crippen LogP contribution in [0, 0.1) is 12.2 Å². The van der Waals surface area contributed by atoms with Gasteiger partial charge in [-0.2, -0.15) is 12.2 Å². The Morgan fingerprint density at radius 2 is 0.919 bits per heavy atom. The first-order chi connectivity index (χ1) is 17.8. The molecule has 0 atom stereocenters. The summed E-state index contributed by atoms with van der Waals surface area (Å²) in [7, 11) is 0. The molecule has 2 aromatic carbocycles. The molecular formula is C34H42O2Zr. The summed E-state index contributed by atoms with van der Waals surface area (Å²) in [6, 6.07) is 15.5. The summed E-state index contributed by atoms with van der Waals surface area (Å²) in [6.45, 7) is 0. The molecule has 4 aliphatic carbocycles. The fraction of sp³-hybridized carbons (Fsp3) is 0.412. The molecular weight excluding hydrogens is 532 g/mol. The minimum absolute atomic E-state index is 0. The first-order valence-electron chi connectivity index (χ1n) is 13.7. The smallest absolute Gasteiger partial charge is 0.508 e. The van der Waals surface area contributed by atoms with E-state index >= 15 is 0 Å². The normalized spacial score (nSPS) is 17.9. The summed E-state index contributed by atoms with van der Waals surface area (Å²) in [5.41, 5.74) is 2.31. The first kappa shape index (κ1) is 31.1. The Kier molecular flexibility index (Phi) is 16.0. The number of hydrogen-bond donors (Lipinski definition) is 2. The van der Waals surface area contributed by atoms with Crippen LogP contribution >= 0.6 is 0 Å². The van der Waals surface area contributed by atoms with E-state index in [-0.39, 0.29) is 26.2 Å². The quantitative estimate of drug-likeness (QED) is 0.351. The van der Waals surface area contributed by atoms with Gasteiger partial charge in [0.15, 0.2) is 0 Å². The fourth-order valence-corrected chi connectivity index (χ4v) is 5.17. The zero-order chi connectivity index (χ0) is 25.3. The van der Waals surface area contributed by atoms with Crippen molar-refractivity contribution < 1.29 is 36.4 Å². The van der Waals surface area contributed by atoms with E-state index in [1.165, 1.54) is 64.2 Å². The van der Waals surface area contributed by atoms with Crippen LogP contribution in [0.3, 0.4) is 0 Å². The first-order valence-corrected chi connectivity index (χ1v) is 13.7. The summed E-state index contributed by atoms with van der Waals surface area (Å²) in [5.74, 6) is 2.17. The molecule has 4 aliphatic rings. The zero-order valence-electron chi connectivity index (χ0n) is 22.1. The van der Waals surface area contributed by atoms with Crippen molar-refractivity contribution in [2.45, 2.75) is 88.9 Å². The van der Waals surface area contributed by atoms with Gasteiger partial charge in [-0.25, -0.2) is 24.3 Å². The van der Waals surface area contributed by atoms with Crippen LogP contribution in [0.25, 0.3) is 0 Å². The Morgan fingerprint density at radius 1 is 0.541 bits per heavy atom. The minimum Gasteiger partial charge on any atom is -0.508 e. The second-order valence-corrected chi connectivity index (χ2v) is 9.79. The third-order valence-electron chi connectivity index (χ3n) is 7.14. The predicted octanol–water partition coefficient (Wildman–Crippen LogP) is 9.49. The average molecular weight is 574 g/mol.